The zero-order chi connectivity index (χ0) is 22.8. The van der Waals surface area contributed by atoms with Crippen LogP contribution in [0.1, 0.15) is 74.6 Å². The van der Waals surface area contributed by atoms with E-state index < -0.39 is 11.6 Å². The van der Waals surface area contributed by atoms with Gasteiger partial charge in [0.15, 0.2) is 5.69 Å². The number of hydrogen-bond acceptors (Lipinski definition) is 6. The summed E-state index contributed by atoms with van der Waals surface area (Å²) in [5.41, 5.74) is 1.56. The summed E-state index contributed by atoms with van der Waals surface area (Å²) in [6, 6.07) is 0. The first-order valence-electron chi connectivity index (χ1n) is 11.7. The summed E-state index contributed by atoms with van der Waals surface area (Å²) in [7, 11) is 0. The van der Waals surface area contributed by atoms with Gasteiger partial charge >= 0.3 is 12.1 Å². The van der Waals surface area contributed by atoms with Crippen LogP contribution in [0.3, 0.4) is 0 Å². The van der Waals surface area contributed by atoms with E-state index in [0.29, 0.717) is 43.8 Å². The molecule has 2 amide bonds. The van der Waals surface area contributed by atoms with Crippen molar-refractivity contribution in [2.45, 2.75) is 77.0 Å². The highest BCUT2D eigenvalue weighted by molar-refractivity contribution is 5.90. The van der Waals surface area contributed by atoms with Gasteiger partial charge in [0.1, 0.15) is 12.1 Å². The van der Waals surface area contributed by atoms with Crippen LogP contribution in [0.5, 0.6) is 0 Å². The third-order valence-electron chi connectivity index (χ3n) is 7.03. The maximum Gasteiger partial charge on any atom is 0.410 e. The molecule has 1 aromatic rings. The van der Waals surface area contributed by atoms with Crippen molar-refractivity contribution in [3.8, 4) is 0 Å². The van der Waals surface area contributed by atoms with Crippen LogP contribution in [0, 0.1) is 5.92 Å². The van der Waals surface area contributed by atoms with Crippen LogP contribution in [0.4, 0.5) is 4.79 Å². The van der Waals surface area contributed by atoms with E-state index >= 15 is 0 Å². The molecule has 1 spiro atoms. The van der Waals surface area contributed by atoms with E-state index in [1.165, 1.54) is 0 Å². The fourth-order valence-electron chi connectivity index (χ4n) is 5.31. The lowest BCUT2D eigenvalue weighted by Crippen LogP contribution is -2.59. The minimum absolute atomic E-state index is 0.00683. The van der Waals surface area contributed by atoms with Gasteiger partial charge in [0.25, 0.3) is 0 Å². The molecule has 0 aromatic carbocycles. The second kappa shape index (κ2) is 7.22. The van der Waals surface area contributed by atoms with E-state index in [0.717, 1.165) is 36.9 Å². The molecule has 2 saturated carbocycles. The lowest BCUT2D eigenvalue weighted by Gasteiger charge is -2.42. The van der Waals surface area contributed by atoms with E-state index in [2.05, 4.69) is 5.10 Å². The second-order valence-corrected chi connectivity index (χ2v) is 10.6. The van der Waals surface area contributed by atoms with Crippen LogP contribution >= 0.6 is 0 Å². The van der Waals surface area contributed by atoms with Gasteiger partial charge < -0.3 is 19.3 Å². The Labute approximate surface area is 188 Å². The fourth-order valence-corrected chi connectivity index (χ4v) is 5.31. The number of piperazine rings is 1. The quantitative estimate of drug-likeness (QED) is 0.662. The molecular formula is C23H32N4O5. The smallest absolute Gasteiger partial charge is 0.410 e. The van der Waals surface area contributed by atoms with Gasteiger partial charge in [0.05, 0.1) is 12.1 Å². The van der Waals surface area contributed by atoms with Crippen LogP contribution < -0.4 is 0 Å². The molecular weight excluding hydrogens is 412 g/mol. The second-order valence-electron chi connectivity index (χ2n) is 10.6. The highest BCUT2D eigenvalue weighted by atomic mass is 16.6. The van der Waals surface area contributed by atoms with Crippen LogP contribution in [-0.4, -0.2) is 74.9 Å². The number of aromatic nitrogens is 2. The first kappa shape index (κ1) is 21.3. The molecule has 1 saturated heterocycles. The highest BCUT2D eigenvalue weighted by Crippen LogP contribution is 2.57. The summed E-state index contributed by atoms with van der Waals surface area (Å²) in [6.07, 6.45) is 3.41. The molecule has 0 N–H and O–H groups in total. The fraction of sp³-hybridized carbons (Fsp3) is 0.739. The summed E-state index contributed by atoms with van der Waals surface area (Å²) in [6.45, 7) is 9.22. The molecule has 5 rings (SSSR count). The summed E-state index contributed by atoms with van der Waals surface area (Å²) < 4.78 is 12.5. The average molecular weight is 445 g/mol. The average Bonchev–Trinajstić information content (AvgIpc) is 3.58. The molecule has 32 heavy (non-hydrogen) atoms. The van der Waals surface area contributed by atoms with Crippen molar-refractivity contribution in [1.29, 1.82) is 0 Å². The van der Waals surface area contributed by atoms with Gasteiger partial charge in [-0.05, 0) is 65.2 Å². The maximum absolute atomic E-state index is 13.3. The normalized spacial score (nSPS) is 24.8. The van der Waals surface area contributed by atoms with Crippen molar-refractivity contribution >= 4 is 18.0 Å². The Morgan fingerprint density at radius 2 is 1.94 bits per heavy atom. The molecule has 9 nitrogen and oxygen atoms in total. The molecule has 4 aliphatic rings. The monoisotopic (exact) mass is 444 g/mol. The maximum atomic E-state index is 13.3. The zero-order valence-corrected chi connectivity index (χ0v) is 19.3. The summed E-state index contributed by atoms with van der Waals surface area (Å²) >= 11 is 0. The van der Waals surface area contributed by atoms with Crippen LogP contribution in [0.2, 0.25) is 0 Å². The molecule has 1 aliphatic heterocycles. The van der Waals surface area contributed by atoms with Crippen molar-refractivity contribution in [2.24, 2.45) is 5.92 Å². The van der Waals surface area contributed by atoms with Gasteiger partial charge in [-0.3, -0.25) is 9.48 Å². The Morgan fingerprint density at radius 3 is 2.59 bits per heavy atom. The van der Waals surface area contributed by atoms with Gasteiger partial charge in [-0.2, -0.15) is 5.10 Å². The van der Waals surface area contributed by atoms with Gasteiger partial charge in [0.2, 0.25) is 5.91 Å². The van der Waals surface area contributed by atoms with Gasteiger partial charge in [-0.1, -0.05) is 0 Å². The summed E-state index contributed by atoms with van der Waals surface area (Å²) in [5.74, 6) is 0.560. The molecule has 9 heteroatoms. The van der Waals surface area contributed by atoms with E-state index in [9.17, 15) is 14.4 Å². The van der Waals surface area contributed by atoms with E-state index in [-0.39, 0.29) is 24.1 Å². The van der Waals surface area contributed by atoms with Crippen molar-refractivity contribution in [3.63, 3.8) is 0 Å². The number of esters is 1. The number of rotatable bonds is 4. The van der Waals surface area contributed by atoms with Crippen molar-refractivity contribution in [2.75, 3.05) is 26.2 Å². The molecule has 0 radical (unpaired) electrons. The topological polar surface area (TPSA) is 94.0 Å². The largest absolute Gasteiger partial charge is 0.461 e. The van der Waals surface area contributed by atoms with Crippen molar-refractivity contribution in [1.82, 2.24) is 19.6 Å². The first-order valence-corrected chi connectivity index (χ1v) is 11.7. The predicted octanol–water partition coefficient (Wildman–Crippen LogP) is 2.33. The van der Waals surface area contributed by atoms with Gasteiger partial charge in [0, 0.05) is 30.9 Å². The van der Waals surface area contributed by atoms with Gasteiger partial charge in [-0.15, -0.1) is 0 Å². The molecule has 0 unspecified atom stereocenters. The van der Waals surface area contributed by atoms with E-state index in [1.807, 2.05) is 25.7 Å². The number of amides is 2. The Bertz CT molecular complexity index is 974. The lowest BCUT2D eigenvalue weighted by molar-refractivity contribution is -0.138. The number of hydrogen-bond donors (Lipinski definition) is 0. The first-order chi connectivity index (χ1) is 15.1. The zero-order valence-electron chi connectivity index (χ0n) is 19.3. The molecule has 3 aliphatic carbocycles. The van der Waals surface area contributed by atoms with Crippen LogP contribution in [-0.2, 0) is 27.2 Å². The lowest BCUT2D eigenvalue weighted by atomic mass is 10.1. The molecule has 0 bridgehead atoms. The standard InChI is InChI=1S/C23H32N4O5/c1-5-31-20(29)19-18-15-10-14(15)11-16(18)27(24-19)12-17(28)26-9-8-25(13-23(26)6-7-23)21(30)32-22(2,3)4/h14-15H,5-13H2,1-4H3/t14-,15-/m1/s1. The molecule has 3 fully saturated rings. The predicted molar refractivity (Wildman–Crippen MR) is 114 cm³/mol. The van der Waals surface area contributed by atoms with Crippen LogP contribution in [0.25, 0.3) is 0 Å². The number of nitrogens with zero attached hydrogens (tertiary/aromatic N) is 4. The Morgan fingerprint density at radius 1 is 1.19 bits per heavy atom. The number of fused-ring (bicyclic) bond motifs is 3. The van der Waals surface area contributed by atoms with E-state index in [1.54, 1.807) is 16.5 Å². The molecule has 2 atom stereocenters. The molecule has 2 heterocycles. The number of carbonyl (C=O) groups excluding carboxylic acids is 3. The van der Waals surface area contributed by atoms with Crippen molar-refractivity contribution in [3.05, 3.63) is 17.0 Å². The molecule has 174 valence electrons. The van der Waals surface area contributed by atoms with Crippen LogP contribution in [0.15, 0.2) is 0 Å². The third kappa shape index (κ3) is 3.65. The molecule has 1 aromatic heterocycles. The highest BCUT2D eigenvalue weighted by Gasteiger charge is 2.55. The Balaban J connectivity index is 1.30. The van der Waals surface area contributed by atoms with Crippen molar-refractivity contribution < 1.29 is 23.9 Å². The van der Waals surface area contributed by atoms with E-state index in [4.69, 9.17) is 9.47 Å². The Hall–Kier alpha value is -2.58. The number of carbonyl (C=O) groups is 3. The Kier molecular flexibility index (Phi) is 4.80. The van der Waals surface area contributed by atoms with Gasteiger partial charge in [-0.25, -0.2) is 9.59 Å². The third-order valence-corrected chi connectivity index (χ3v) is 7.03. The SMILES string of the molecule is CCOC(=O)c1nn(CC(=O)N2CCN(C(=O)OC(C)(C)C)CC23CC3)c2c1[C@@H]1C[C@@H]1C2. The minimum Gasteiger partial charge on any atom is -0.461 e. The summed E-state index contributed by atoms with van der Waals surface area (Å²) in [4.78, 5) is 41.9. The minimum atomic E-state index is -0.543. The number of ether oxygens (including phenoxy) is 2. The summed E-state index contributed by atoms with van der Waals surface area (Å²) in [5, 5.41) is 4.52.